The van der Waals surface area contributed by atoms with Gasteiger partial charge in [-0.2, -0.15) is 0 Å². The zero-order chi connectivity index (χ0) is 13.1. The van der Waals surface area contributed by atoms with Gasteiger partial charge in [-0.05, 0) is 12.5 Å². The SMILES string of the molecule is Cc1ccccc1-c1ncc(OCC2CNC2)cn1. The predicted octanol–water partition coefficient (Wildman–Crippen LogP) is 2.05. The van der Waals surface area contributed by atoms with Gasteiger partial charge in [0, 0.05) is 24.6 Å². The lowest BCUT2D eigenvalue weighted by molar-refractivity contribution is 0.198. The molecule has 1 saturated heterocycles. The molecular weight excluding hydrogens is 238 g/mol. The molecule has 1 aromatic carbocycles. The number of nitrogens with one attached hydrogen (secondary N) is 1. The van der Waals surface area contributed by atoms with Crippen LogP contribution in [0.5, 0.6) is 5.75 Å². The van der Waals surface area contributed by atoms with Gasteiger partial charge in [-0.3, -0.25) is 0 Å². The van der Waals surface area contributed by atoms with Gasteiger partial charge in [0.25, 0.3) is 0 Å². The topological polar surface area (TPSA) is 47.0 Å². The highest BCUT2D eigenvalue weighted by atomic mass is 16.5. The first-order chi connectivity index (χ1) is 9.33. The van der Waals surface area contributed by atoms with Gasteiger partial charge in [0.05, 0.1) is 19.0 Å². The van der Waals surface area contributed by atoms with Crippen LogP contribution in [0.4, 0.5) is 0 Å². The number of aromatic nitrogens is 2. The zero-order valence-electron chi connectivity index (χ0n) is 11.0. The maximum Gasteiger partial charge on any atom is 0.159 e. The van der Waals surface area contributed by atoms with E-state index in [2.05, 4.69) is 28.3 Å². The molecule has 0 radical (unpaired) electrons. The van der Waals surface area contributed by atoms with Gasteiger partial charge in [-0.15, -0.1) is 0 Å². The lowest BCUT2D eigenvalue weighted by atomic mass is 10.1. The van der Waals surface area contributed by atoms with Gasteiger partial charge in [0.2, 0.25) is 0 Å². The molecule has 0 atom stereocenters. The number of rotatable bonds is 4. The fourth-order valence-corrected chi connectivity index (χ4v) is 2.03. The predicted molar refractivity (Wildman–Crippen MR) is 74.1 cm³/mol. The molecular formula is C15H17N3O. The van der Waals surface area contributed by atoms with E-state index < -0.39 is 0 Å². The third-order valence-corrected chi connectivity index (χ3v) is 3.37. The zero-order valence-corrected chi connectivity index (χ0v) is 11.0. The summed E-state index contributed by atoms with van der Waals surface area (Å²) >= 11 is 0. The van der Waals surface area contributed by atoms with E-state index >= 15 is 0 Å². The molecule has 0 spiro atoms. The summed E-state index contributed by atoms with van der Waals surface area (Å²) in [6, 6.07) is 8.11. The van der Waals surface area contributed by atoms with Crippen LogP contribution >= 0.6 is 0 Å². The van der Waals surface area contributed by atoms with Crippen LogP contribution in [0, 0.1) is 12.8 Å². The van der Waals surface area contributed by atoms with Crippen LogP contribution in [-0.4, -0.2) is 29.7 Å². The molecule has 0 unspecified atom stereocenters. The van der Waals surface area contributed by atoms with Gasteiger partial charge in [-0.1, -0.05) is 24.3 Å². The third kappa shape index (κ3) is 2.74. The molecule has 19 heavy (non-hydrogen) atoms. The molecule has 1 aliphatic heterocycles. The van der Waals surface area contributed by atoms with E-state index in [1.54, 1.807) is 12.4 Å². The Balaban J connectivity index is 1.69. The summed E-state index contributed by atoms with van der Waals surface area (Å²) in [5, 5.41) is 3.22. The summed E-state index contributed by atoms with van der Waals surface area (Å²) in [7, 11) is 0. The lowest BCUT2D eigenvalue weighted by Gasteiger charge is -2.26. The van der Waals surface area contributed by atoms with Gasteiger partial charge >= 0.3 is 0 Å². The van der Waals surface area contributed by atoms with Crippen molar-refractivity contribution >= 4 is 0 Å². The van der Waals surface area contributed by atoms with Gasteiger partial charge in [0.1, 0.15) is 0 Å². The van der Waals surface area contributed by atoms with Crippen molar-refractivity contribution in [3.63, 3.8) is 0 Å². The van der Waals surface area contributed by atoms with E-state index in [4.69, 9.17) is 4.74 Å². The fourth-order valence-electron chi connectivity index (χ4n) is 2.03. The van der Waals surface area contributed by atoms with Crippen LogP contribution in [0.15, 0.2) is 36.7 Å². The summed E-state index contributed by atoms with van der Waals surface area (Å²) in [5.74, 6) is 2.11. The molecule has 3 rings (SSSR count). The third-order valence-electron chi connectivity index (χ3n) is 3.37. The molecule has 4 nitrogen and oxygen atoms in total. The van der Waals surface area contributed by atoms with Crippen molar-refractivity contribution < 1.29 is 4.74 Å². The minimum atomic E-state index is 0.621. The molecule has 0 amide bonds. The molecule has 1 aromatic heterocycles. The van der Waals surface area contributed by atoms with Gasteiger partial charge in [0.15, 0.2) is 11.6 Å². The lowest BCUT2D eigenvalue weighted by Crippen LogP contribution is -2.45. The Morgan fingerprint density at radius 2 is 1.95 bits per heavy atom. The Morgan fingerprint density at radius 3 is 2.58 bits per heavy atom. The number of hydrogen-bond donors (Lipinski definition) is 1. The second kappa shape index (κ2) is 5.36. The number of ether oxygens (including phenoxy) is 1. The van der Waals surface area contributed by atoms with Crippen LogP contribution in [0.1, 0.15) is 5.56 Å². The van der Waals surface area contributed by atoms with Crippen molar-refractivity contribution in [1.29, 1.82) is 0 Å². The normalized spacial score (nSPS) is 15.0. The second-order valence-electron chi connectivity index (χ2n) is 4.89. The Bertz CT molecular complexity index is 550. The first-order valence-corrected chi connectivity index (χ1v) is 6.54. The average molecular weight is 255 g/mol. The summed E-state index contributed by atoms with van der Waals surface area (Å²) in [5.41, 5.74) is 2.24. The largest absolute Gasteiger partial charge is 0.490 e. The minimum absolute atomic E-state index is 0.621. The Kier molecular flexibility index (Phi) is 3.42. The highest BCUT2D eigenvalue weighted by molar-refractivity contribution is 5.59. The molecule has 1 aliphatic rings. The van der Waals surface area contributed by atoms with E-state index in [9.17, 15) is 0 Å². The van der Waals surface area contributed by atoms with Crippen LogP contribution in [-0.2, 0) is 0 Å². The van der Waals surface area contributed by atoms with Crippen LogP contribution in [0.3, 0.4) is 0 Å². The molecule has 4 heteroatoms. The van der Waals surface area contributed by atoms with Crippen molar-refractivity contribution in [3.8, 4) is 17.1 Å². The van der Waals surface area contributed by atoms with Gasteiger partial charge in [-0.25, -0.2) is 9.97 Å². The fraction of sp³-hybridized carbons (Fsp3) is 0.333. The first-order valence-electron chi connectivity index (χ1n) is 6.54. The van der Waals surface area contributed by atoms with Crippen LogP contribution in [0.25, 0.3) is 11.4 Å². The maximum absolute atomic E-state index is 5.67. The summed E-state index contributed by atoms with van der Waals surface area (Å²) in [6.07, 6.45) is 3.50. The van der Waals surface area contributed by atoms with E-state index in [1.165, 1.54) is 5.56 Å². The van der Waals surface area contributed by atoms with Gasteiger partial charge < -0.3 is 10.1 Å². The highest BCUT2D eigenvalue weighted by Gasteiger charge is 2.17. The smallest absolute Gasteiger partial charge is 0.159 e. The summed E-state index contributed by atoms with van der Waals surface area (Å²) in [4.78, 5) is 8.76. The monoisotopic (exact) mass is 255 g/mol. The van der Waals surface area contributed by atoms with E-state index in [1.807, 2.05) is 18.2 Å². The first kappa shape index (κ1) is 12.1. The Labute approximate surface area is 112 Å². The van der Waals surface area contributed by atoms with Crippen molar-refractivity contribution in [3.05, 3.63) is 42.2 Å². The molecule has 1 fully saturated rings. The molecule has 1 N–H and O–H groups in total. The standard InChI is InChI=1S/C15H17N3O/c1-11-4-2-3-5-14(11)15-17-8-13(9-18-15)19-10-12-6-16-7-12/h2-5,8-9,12,16H,6-7,10H2,1H3. The molecule has 0 bridgehead atoms. The molecule has 2 heterocycles. The summed E-state index contributed by atoms with van der Waals surface area (Å²) < 4.78 is 5.67. The Hall–Kier alpha value is -1.94. The van der Waals surface area contributed by atoms with Crippen LogP contribution < -0.4 is 10.1 Å². The number of hydrogen-bond acceptors (Lipinski definition) is 4. The number of aryl methyl sites for hydroxylation is 1. The van der Waals surface area contributed by atoms with Crippen molar-refractivity contribution in [2.24, 2.45) is 5.92 Å². The average Bonchev–Trinajstić information content (AvgIpc) is 2.39. The molecule has 0 saturated carbocycles. The number of benzene rings is 1. The van der Waals surface area contributed by atoms with E-state index in [0.717, 1.165) is 36.8 Å². The minimum Gasteiger partial charge on any atom is -0.490 e. The van der Waals surface area contributed by atoms with Crippen molar-refractivity contribution in [1.82, 2.24) is 15.3 Å². The molecule has 0 aliphatic carbocycles. The van der Waals surface area contributed by atoms with E-state index in [0.29, 0.717) is 5.92 Å². The second-order valence-corrected chi connectivity index (χ2v) is 4.89. The molecule has 98 valence electrons. The maximum atomic E-state index is 5.67. The highest BCUT2D eigenvalue weighted by Crippen LogP contribution is 2.20. The number of nitrogens with zero attached hydrogens (tertiary/aromatic N) is 2. The van der Waals surface area contributed by atoms with Crippen LogP contribution in [0.2, 0.25) is 0 Å². The quantitative estimate of drug-likeness (QED) is 0.908. The van der Waals surface area contributed by atoms with Crippen molar-refractivity contribution in [2.75, 3.05) is 19.7 Å². The van der Waals surface area contributed by atoms with E-state index in [-0.39, 0.29) is 0 Å². The summed E-state index contributed by atoms with van der Waals surface area (Å²) in [6.45, 7) is 4.89. The Morgan fingerprint density at radius 1 is 1.21 bits per heavy atom. The molecule has 2 aromatic rings. The van der Waals surface area contributed by atoms with Crippen molar-refractivity contribution in [2.45, 2.75) is 6.92 Å².